The van der Waals surface area contributed by atoms with E-state index in [0.717, 1.165) is 10.9 Å². The number of aromatic nitrogens is 2. The Hall–Kier alpha value is -3.88. The minimum Gasteiger partial charge on any atom is -0.506 e. The summed E-state index contributed by atoms with van der Waals surface area (Å²) in [5, 5.41) is 14.7. The second-order valence-electron chi connectivity index (χ2n) is 8.77. The summed E-state index contributed by atoms with van der Waals surface area (Å²) in [5.74, 6) is -0.792. The van der Waals surface area contributed by atoms with Gasteiger partial charge in [0.05, 0.1) is 29.3 Å². The number of rotatable bonds is 7. The van der Waals surface area contributed by atoms with Gasteiger partial charge in [0.25, 0.3) is 11.8 Å². The van der Waals surface area contributed by atoms with E-state index in [1.165, 1.54) is 0 Å². The average molecular weight is 459 g/mol. The fourth-order valence-electron chi connectivity index (χ4n) is 4.76. The number of ether oxygens (including phenoxy) is 1. The lowest BCUT2D eigenvalue weighted by Gasteiger charge is -2.20. The number of hydrogen-bond acceptors (Lipinski definition) is 5. The van der Waals surface area contributed by atoms with Gasteiger partial charge in [-0.1, -0.05) is 30.3 Å². The Bertz CT molecular complexity index is 1460. The third-order valence-electron chi connectivity index (χ3n) is 6.24. The van der Waals surface area contributed by atoms with E-state index in [2.05, 4.69) is 10.3 Å². The van der Waals surface area contributed by atoms with Gasteiger partial charge >= 0.3 is 0 Å². The minimum absolute atomic E-state index is 0.0995. The maximum absolute atomic E-state index is 13.1. The summed E-state index contributed by atoms with van der Waals surface area (Å²) in [6.45, 7) is 1.15. The fourth-order valence-corrected chi connectivity index (χ4v) is 4.76. The average Bonchev–Trinajstić information content (AvgIpc) is 3.46. The molecule has 174 valence electrons. The van der Waals surface area contributed by atoms with Crippen LogP contribution in [-0.2, 0) is 20.9 Å². The molecule has 2 aromatic carbocycles. The van der Waals surface area contributed by atoms with Crippen molar-refractivity contribution in [2.24, 2.45) is 0 Å². The van der Waals surface area contributed by atoms with Crippen LogP contribution in [0.1, 0.15) is 11.1 Å². The second-order valence-corrected chi connectivity index (χ2v) is 8.77. The molecule has 1 atom stereocenters. The fraction of sp³-hybridized carbons (Fsp3) is 0.231. The van der Waals surface area contributed by atoms with Gasteiger partial charge in [-0.3, -0.25) is 14.9 Å². The molecule has 0 fully saturated rings. The SMILES string of the molecule is COC(CN(C)C)Cn1cc(C2=C(c3c[nH]c4ccccc34)C(=O)NC2=O)c2cccc(O)c21. The minimum atomic E-state index is -0.454. The van der Waals surface area contributed by atoms with E-state index in [1.807, 2.05) is 60.1 Å². The molecule has 3 N–H and O–H groups in total. The molecule has 0 spiro atoms. The summed E-state index contributed by atoms with van der Waals surface area (Å²) in [6, 6.07) is 12.9. The van der Waals surface area contributed by atoms with Gasteiger partial charge in [-0.05, 0) is 26.2 Å². The van der Waals surface area contributed by atoms with Crippen LogP contribution in [0, 0.1) is 0 Å². The Kier molecular flexibility index (Phi) is 5.47. The van der Waals surface area contributed by atoms with Gasteiger partial charge in [0, 0.05) is 53.5 Å². The van der Waals surface area contributed by atoms with Crippen LogP contribution in [0.25, 0.3) is 33.0 Å². The highest BCUT2D eigenvalue weighted by Crippen LogP contribution is 2.40. The van der Waals surface area contributed by atoms with Crippen molar-refractivity contribution in [3.63, 3.8) is 0 Å². The van der Waals surface area contributed by atoms with Gasteiger partial charge in [0.1, 0.15) is 5.75 Å². The molecule has 8 nitrogen and oxygen atoms in total. The molecule has 8 heteroatoms. The number of fused-ring (bicyclic) bond motifs is 2. The Labute approximate surface area is 196 Å². The number of phenols is 1. The van der Waals surface area contributed by atoms with Crippen LogP contribution in [0.5, 0.6) is 5.75 Å². The van der Waals surface area contributed by atoms with Crippen LogP contribution in [0.2, 0.25) is 0 Å². The van der Waals surface area contributed by atoms with Crippen LogP contribution < -0.4 is 5.32 Å². The van der Waals surface area contributed by atoms with Crippen molar-refractivity contribution in [3.05, 3.63) is 66.0 Å². The number of aromatic amines is 1. The van der Waals surface area contributed by atoms with E-state index in [4.69, 9.17) is 4.74 Å². The van der Waals surface area contributed by atoms with E-state index >= 15 is 0 Å². The van der Waals surface area contributed by atoms with E-state index in [1.54, 1.807) is 25.4 Å². The number of hydrogen-bond donors (Lipinski definition) is 3. The molecule has 0 saturated heterocycles. The Morgan fingerprint density at radius 1 is 1.00 bits per heavy atom. The first-order chi connectivity index (χ1) is 16.4. The van der Waals surface area contributed by atoms with Gasteiger partial charge in [-0.15, -0.1) is 0 Å². The monoisotopic (exact) mass is 458 g/mol. The summed E-state index contributed by atoms with van der Waals surface area (Å²) >= 11 is 0. The molecule has 1 aliphatic rings. The van der Waals surface area contributed by atoms with Crippen molar-refractivity contribution >= 4 is 44.8 Å². The number of H-pyrrole nitrogens is 1. The quantitative estimate of drug-likeness (QED) is 0.370. The molecule has 0 saturated carbocycles. The number of para-hydroxylation sites is 2. The first kappa shape index (κ1) is 21.9. The summed E-state index contributed by atoms with van der Waals surface area (Å²) < 4.78 is 7.56. The number of carbonyl (C=O) groups is 2. The predicted octanol–water partition coefficient (Wildman–Crippen LogP) is 2.97. The normalized spacial score (nSPS) is 15.2. The standard InChI is InChI=1S/C26H26N4O4/c1-29(2)12-15(34-3)13-30-14-19(17-8-6-10-21(31)24(17)30)23-22(25(32)28-26(23)33)18-11-27-20-9-5-4-7-16(18)20/h4-11,14-15,27,31H,12-13H2,1-3H3,(H,28,32,33). The maximum atomic E-state index is 13.1. The van der Waals surface area contributed by atoms with Crippen LogP contribution in [-0.4, -0.2) is 65.2 Å². The maximum Gasteiger partial charge on any atom is 0.259 e. The molecule has 1 aliphatic heterocycles. The third kappa shape index (κ3) is 3.57. The van der Waals surface area contributed by atoms with Crippen molar-refractivity contribution in [1.29, 1.82) is 0 Å². The number of imide groups is 1. The molecule has 3 heterocycles. The summed E-state index contributed by atoms with van der Waals surface area (Å²) in [5.41, 5.74) is 3.35. The van der Waals surface area contributed by atoms with Crippen molar-refractivity contribution in [1.82, 2.24) is 19.8 Å². The molecule has 0 aliphatic carbocycles. The zero-order valence-electron chi connectivity index (χ0n) is 19.3. The first-order valence-electron chi connectivity index (χ1n) is 11.0. The highest BCUT2D eigenvalue weighted by atomic mass is 16.5. The number of aromatic hydroxyl groups is 1. The summed E-state index contributed by atoms with van der Waals surface area (Å²) in [6.07, 6.45) is 3.44. The topological polar surface area (TPSA) is 99.6 Å². The van der Waals surface area contributed by atoms with Crippen molar-refractivity contribution in [3.8, 4) is 5.75 Å². The van der Waals surface area contributed by atoms with E-state index in [9.17, 15) is 14.7 Å². The molecule has 4 aromatic rings. The molecule has 0 bridgehead atoms. The predicted molar refractivity (Wildman–Crippen MR) is 131 cm³/mol. The number of methoxy groups -OCH3 is 1. The van der Waals surface area contributed by atoms with E-state index in [0.29, 0.717) is 46.3 Å². The van der Waals surface area contributed by atoms with Crippen molar-refractivity contribution in [2.45, 2.75) is 12.6 Å². The van der Waals surface area contributed by atoms with Gasteiger partial charge in [-0.25, -0.2) is 0 Å². The smallest absolute Gasteiger partial charge is 0.259 e. The zero-order valence-corrected chi connectivity index (χ0v) is 19.3. The Morgan fingerprint density at radius 3 is 2.44 bits per heavy atom. The molecule has 34 heavy (non-hydrogen) atoms. The number of phenolic OH excluding ortho intramolecular Hbond substituents is 1. The second kappa shape index (κ2) is 8.48. The van der Waals surface area contributed by atoms with E-state index in [-0.39, 0.29) is 11.9 Å². The molecule has 2 amide bonds. The zero-order chi connectivity index (χ0) is 24.0. The summed E-state index contributed by atoms with van der Waals surface area (Å²) in [7, 11) is 5.59. The highest BCUT2D eigenvalue weighted by molar-refractivity contribution is 6.50. The van der Waals surface area contributed by atoms with Crippen LogP contribution in [0.4, 0.5) is 0 Å². The Balaban J connectivity index is 1.73. The number of carbonyl (C=O) groups excluding carboxylic acids is 2. The summed E-state index contributed by atoms with van der Waals surface area (Å²) in [4.78, 5) is 31.3. The van der Waals surface area contributed by atoms with Crippen molar-refractivity contribution < 1.29 is 19.4 Å². The third-order valence-corrected chi connectivity index (χ3v) is 6.24. The number of nitrogens with one attached hydrogen (secondary N) is 2. The van der Waals surface area contributed by atoms with Crippen molar-refractivity contribution in [2.75, 3.05) is 27.7 Å². The lowest BCUT2D eigenvalue weighted by Crippen LogP contribution is -2.31. The Morgan fingerprint density at radius 2 is 1.71 bits per heavy atom. The lowest BCUT2D eigenvalue weighted by molar-refractivity contribution is -0.122. The van der Waals surface area contributed by atoms with Gasteiger partial charge in [-0.2, -0.15) is 0 Å². The van der Waals surface area contributed by atoms with E-state index < -0.39 is 11.8 Å². The largest absolute Gasteiger partial charge is 0.506 e. The molecular formula is C26H26N4O4. The number of benzene rings is 2. The molecule has 1 unspecified atom stereocenters. The van der Waals surface area contributed by atoms with Crippen LogP contribution >= 0.6 is 0 Å². The molecule has 5 rings (SSSR count). The van der Waals surface area contributed by atoms with Gasteiger partial charge in [0.2, 0.25) is 0 Å². The van der Waals surface area contributed by atoms with Gasteiger partial charge in [0.15, 0.2) is 0 Å². The van der Waals surface area contributed by atoms with Gasteiger partial charge < -0.3 is 24.3 Å². The molecular weight excluding hydrogens is 432 g/mol. The van der Waals surface area contributed by atoms with Crippen LogP contribution in [0.3, 0.4) is 0 Å². The first-order valence-corrected chi connectivity index (χ1v) is 11.0. The number of nitrogens with zero attached hydrogens (tertiary/aromatic N) is 2. The lowest BCUT2D eigenvalue weighted by atomic mass is 9.95. The number of amides is 2. The van der Waals surface area contributed by atoms with Crippen LogP contribution in [0.15, 0.2) is 54.9 Å². The molecule has 2 aromatic heterocycles. The highest BCUT2D eigenvalue weighted by Gasteiger charge is 2.35. The molecule has 0 radical (unpaired) electrons. The number of likely N-dealkylation sites (N-methyl/N-ethyl adjacent to an activating group) is 1.